The molecule has 1 rings (SSSR count). The molecular formula is C17H30ClIN4O. The highest BCUT2D eigenvalue weighted by molar-refractivity contribution is 14.0. The molecule has 7 heteroatoms. The van der Waals surface area contributed by atoms with E-state index in [0.717, 1.165) is 30.2 Å². The van der Waals surface area contributed by atoms with Crippen LogP contribution in [-0.2, 0) is 0 Å². The molecule has 138 valence electrons. The van der Waals surface area contributed by atoms with Crippen molar-refractivity contribution < 1.29 is 5.11 Å². The average molecular weight is 469 g/mol. The number of aliphatic hydroxyl groups is 1. The highest BCUT2D eigenvalue weighted by atomic mass is 127. The molecule has 1 aromatic carbocycles. The molecule has 0 amide bonds. The van der Waals surface area contributed by atoms with Crippen molar-refractivity contribution in [2.45, 2.75) is 26.8 Å². The Kier molecular flexibility index (Phi) is 13.4. The van der Waals surface area contributed by atoms with Crippen LogP contribution in [0.2, 0.25) is 5.02 Å². The van der Waals surface area contributed by atoms with Crippen LogP contribution in [0.1, 0.15) is 32.4 Å². The minimum absolute atomic E-state index is 0. The highest BCUT2D eigenvalue weighted by Crippen LogP contribution is 2.27. The van der Waals surface area contributed by atoms with Crippen molar-refractivity contribution in [2.75, 3.05) is 39.3 Å². The summed E-state index contributed by atoms with van der Waals surface area (Å²) in [4.78, 5) is 7.02. The van der Waals surface area contributed by atoms with Crippen molar-refractivity contribution in [1.29, 1.82) is 0 Å². The van der Waals surface area contributed by atoms with Crippen LogP contribution in [-0.4, -0.2) is 55.3 Å². The average Bonchev–Trinajstić information content (AvgIpc) is 2.57. The van der Waals surface area contributed by atoms with E-state index in [9.17, 15) is 0 Å². The lowest BCUT2D eigenvalue weighted by molar-refractivity contribution is 0.224. The molecule has 0 aromatic heterocycles. The van der Waals surface area contributed by atoms with Crippen LogP contribution >= 0.6 is 35.6 Å². The predicted molar refractivity (Wildman–Crippen MR) is 114 cm³/mol. The van der Waals surface area contributed by atoms with Crippen molar-refractivity contribution in [1.82, 2.24) is 15.5 Å². The summed E-state index contributed by atoms with van der Waals surface area (Å²) < 4.78 is 0. The van der Waals surface area contributed by atoms with Gasteiger partial charge in [0.05, 0.1) is 19.2 Å². The molecular weight excluding hydrogens is 439 g/mol. The van der Waals surface area contributed by atoms with Crippen molar-refractivity contribution >= 4 is 41.5 Å². The maximum atomic E-state index is 8.97. The summed E-state index contributed by atoms with van der Waals surface area (Å²) >= 11 is 6.40. The van der Waals surface area contributed by atoms with Gasteiger partial charge < -0.3 is 15.7 Å². The molecule has 1 atom stereocenters. The fourth-order valence-corrected chi connectivity index (χ4v) is 2.78. The first-order chi connectivity index (χ1) is 11.2. The Balaban J connectivity index is 0.00000529. The summed E-state index contributed by atoms with van der Waals surface area (Å²) in [6.07, 6.45) is 0. The van der Waals surface area contributed by atoms with Gasteiger partial charge in [-0.2, -0.15) is 0 Å². The number of hydrogen-bond donors (Lipinski definition) is 3. The molecule has 0 saturated heterocycles. The van der Waals surface area contributed by atoms with Crippen LogP contribution in [0, 0.1) is 0 Å². The Hall–Kier alpha value is -0.570. The molecule has 0 spiro atoms. The van der Waals surface area contributed by atoms with Gasteiger partial charge in [0.15, 0.2) is 5.96 Å². The Labute approximate surface area is 167 Å². The molecule has 0 aliphatic carbocycles. The van der Waals surface area contributed by atoms with Gasteiger partial charge in [-0.3, -0.25) is 9.89 Å². The fourth-order valence-electron chi connectivity index (χ4n) is 2.51. The highest BCUT2D eigenvalue weighted by Gasteiger charge is 2.20. The van der Waals surface area contributed by atoms with E-state index in [4.69, 9.17) is 16.7 Å². The number of hydrogen-bond acceptors (Lipinski definition) is 3. The van der Waals surface area contributed by atoms with E-state index >= 15 is 0 Å². The topological polar surface area (TPSA) is 59.9 Å². The molecule has 1 unspecified atom stereocenters. The largest absolute Gasteiger partial charge is 0.395 e. The summed E-state index contributed by atoms with van der Waals surface area (Å²) in [6, 6.07) is 8.07. The number of nitrogens with one attached hydrogen (secondary N) is 2. The number of halogens is 2. The predicted octanol–water partition coefficient (Wildman–Crippen LogP) is 2.89. The third-order valence-electron chi connectivity index (χ3n) is 3.69. The molecule has 24 heavy (non-hydrogen) atoms. The van der Waals surface area contributed by atoms with E-state index in [2.05, 4.69) is 40.4 Å². The molecule has 3 N–H and O–H groups in total. The quantitative estimate of drug-likeness (QED) is 0.296. The number of nitrogens with zero attached hydrogens (tertiary/aromatic N) is 2. The number of rotatable bonds is 9. The molecule has 5 nitrogen and oxygen atoms in total. The van der Waals surface area contributed by atoms with E-state index in [0.29, 0.717) is 19.0 Å². The second kappa shape index (κ2) is 13.7. The maximum absolute atomic E-state index is 8.97. The standard InChI is InChI=1S/C17H29ClN4O.HI/c1-4-19-17(20-11-12-23)21-13-16(22(5-2)6-3)14-9-7-8-10-15(14)18;/h7-10,16,23H,4-6,11-13H2,1-3H3,(H2,19,20,21);1H. The summed E-state index contributed by atoms with van der Waals surface area (Å²) in [5, 5.41) is 16.0. The zero-order chi connectivity index (χ0) is 17.1. The zero-order valence-corrected chi connectivity index (χ0v) is 17.8. The molecule has 0 aliphatic heterocycles. The maximum Gasteiger partial charge on any atom is 0.191 e. The van der Waals surface area contributed by atoms with Crippen molar-refractivity contribution in [3.63, 3.8) is 0 Å². The lowest BCUT2D eigenvalue weighted by atomic mass is 10.1. The second-order valence-corrected chi connectivity index (χ2v) is 5.54. The van der Waals surface area contributed by atoms with Crippen LogP contribution in [0.4, 0.5) is 0 Å². The van der Waals surface area contributed by atoms with Gasteiger partial charge in [-0.25, -0.2) is 0 Å². The minimum Gasteiger partial charge on any atom is -0.395 e. The third kappa shape index (κ3) is 7.55. The van der Waals surface area contributed by atoms with Crippen molar-refractivity contribution in [2.24, 2.45) is 4.99 Å². The molecule has 0 heterocycles. The van der Waals surface area contributed by atoms with Gasteiger partial charge in [0.25, 0.3) is 0 Å². The monoisotopic (exact) mass is 468 g/mol. The van der Waals surface area contributed by atoms with Crippen LogP contribution in [0.25, 0.3) is 0 Å². The lowest BCUT2D eigenvalue weighted by Crippen LogP contribution is -2.39. The van der Waals surface area contributed by atoms with E-state index in [-0.39, 0.29) is 36.6 Å². The van der Waals surface area contributed by atoms with Crippen LogP contribution < -0.4 is 10.6 Å². The van der Waals surface area contributed by atoms with Crippen molar-refractivity contribution in [3.8, 4) is 0 Å². The summed E-state index contributed by atoms with van der Waals surface area (Å²) in [5.74, 6) is 0.714. The van der Waals surface area contributed by atoms with E-state index in [1.807, 2.05) is 25.1 Å². The zero-order valence-electron chi connectivity index (χ0n) is 14.8. The van der Waals surface area contributed by atoms with Gasteiger partial charge >= 0.3 is 0 Å². The second-order valence-electron chi connectivity index (χ2n) is 5.13. The van der Waals surface area contributed by atoms with Gasteiger partial charge in [-0.05, 0) is 31.6 Å². The third-order valence-corrected chi connectivity index (χ3v) is 4.03. The molecule has 0 saturated carbocycles. The van der Waals surface area contributed by atoms with Crippen LogP contribution in [0.3, 0.4) is 0 Å². The lowest BCUT2D eigenvalue weighted by Gasteiger charge is -2.29. The summed E-state index contributed by atoms with van der Waals surface area (Å²) in [6.45, 7) is 10.1. The Morgan fingerprint density at radius 2 is 1.88 bits per heavy atom. The first-order valence-corrected chi connectivity index (χ1v) is 8.67. The normalized spacial score (nSPS) is 12.7. The van der Waals surface area contributed by atoms with E-state index < -0.39 is 0 Å². The van der Waals surface area contributed by atoms with Crippen molar-refractivity contribution in [3.05, 3.63) is 34.9 Å². The number of benzene rings is 1. The summed E-state index contributed by atoms with van der Waals surface area (Å²) in [5.41, 5.74) is 1.10. The van der Waals surface area contributed by atoms with Gasteiger partial charge in [-0.15, -0.1) is 24.0 Å². The fraction of sp³-hybridized carbons (Fsp3) is 0.588. The van der Waals surface area contributed by atoms with Gasteiger partial charge in [-0.1, -0.05) is 43.6 Å². The minimum atomic E-state index is 0. The number of aliphatic imine (C=N–C) groups is 1. The van der Waals surface area contributed by atoms with Gasteiger partial charge in [0.2, 0.25) is 0 Å². The molecule has 1 aromatic rings. The smallest absolute Gasteiger partial charge is 0.191 e. The van der Waals surface area contributed by atoms with Gasteiger partial charge in [0, 0.05) is 18.1 Å². The summed E-state index contributed by atoms with van der Waals surface area (Å²) in [7, 11) is 0. The number of likely N-dealkylation sites (N-methyl/N-ethyl adjacent to an activating group) is 1. The Morgan fingerprint density at radius 1 is 1.21 bits per heavy atom. The SMILES string of the molecule is CCNC(=NCC(c1ccccc1Cl)N(CC)CC)NCCO.I. The number of aliphatic hydroxyl groups excluding tert-OH is 1. The van der Waals surface area contributed by atoms with Gasteiger partial charge in [0.1, 0.15) is 0 Å². The molecule has 0 fully saturated rings. The molecule has 0 aliphatic rings. The van der Waals surface area contributed by atoms with E-state index in [1.165, 1.54) is 0 Å². The first-order valence-electron chi connectivity index (χ1n) is 8.29. The Bertz CT molecular complexity index is 483. The van der Waals surface area contributed by atoms with Crippen LogP contribution in [0.5, 0.6) is 0 Å². The Morgan fingerprint density at radius 3 is 2.42 bits per heavy atom. The number of guanidine groups is 1. The first kappa shape index (κ1) is 23.4. The molecule has 0 radical (unpaired) electrons. The van der Waals surface area contributed by atoms with E-state index in [1.54, 1.807) is 0 Å². The molecule has 0 bridgehead atoms. The van der Waals surface area contributed by atoms with Crippen LogP contribution in [0.15, 0.2) is 29.3 Å².